The summed E-state index contributed by atoms with van der Waals surface area (Å²) in [5, 5.41) is 2.22. The monoisotopic (exact) mass is 257 g/mol. The first-order valence-electron chi connectivity index (χ1n) is 5.45. The van der Waals surface area contributed by atoms with Crippen molar-refractivity contribution in [3.05, 3.63) is 42.1 Å². The molecule has 0 atom stereocenters. The minimum atomic E-state index is -4.58. The lowest BCUT2D eigenvalue weighted by Gasteiger charge is -2.14. The maximum atomic E-state index is 12.7. The molecule has 1 aromatic carbocycles. The Morgan fingerprint density at radius 2 is 1.78 bits per heavy atom. The molecule has 5 heteroatoms. The molecule has 0 fully saturated rings. The average Bonchev–Trinajstić information content (AvgIpc) is 2.28. The van der Waals surface area contributed by atoms with Gasteiger partial charge in [-0.05, 0) is 12.1 Å². The highest BCUT2D eigenvalue weighted by atomic mass is 19.4. The molecule has 0 bridgehead atoms. The molecular weight excluding hydrogens is 243 g/mol. The number of hydrogen-bond acceptors (Lipinski definition) is 2. The molecule has 0 saturated heterocycles. The second-order valence-electron chi connectivity index (χ2n) is 4.10. The van der Waals surface area contributed by atoms with E-state index >= 15 is 0 Å². The van der Waals surface area contributed by atoms with E-state index in [0.717, 1.165) is 0 Å². The van der Waals surface area contributed by atoms with Crippen molar-refractivity contribution in [3.8, 4) is 0 Å². The van der Waals surface area contributed by atoms with Crippen LogP contribution in [0, 0.1) is 5.92 Å². The van der Waals surface area contributed by atoms with Gasteiger partial charge in [0.05, 0.1) is 0 Å². The van der Waals surface area contributed by atoms with Gasteiger partial charge < -0.3 is 5.32 Å². The highest BCUT2D eigenvalue weighted by Gasteiger charge is 2.34. The summed E-state index contributed by atoms with van der Waals surface area (Å²) in [5.41, 5.74) is -0.759. The summed E-state index contributed by atoms with van der Waals surface area (Å²) < 4.78 is 38.2. The number of hydrogen-bond donors (Lipinski definition) is 1. The van der Waals surface area contributed by atoms with Crippen molar-refractivity contribution in [2.75, 3.05) is 5.32 Å². The van der Waals surface area contributed by atoms with Gasteiger partial charge in [0.15, 0.2) is 5.78 Å². The van der Waals surface area contributed by atoms with E-state index in [9.17, 15) is 18.0 Å². The second-order valence-corrected chi connectivity index (χ2v) is 4.10. The van der Waals surface area contributed by atoms with Gasteiger partial charge in [-0.25, -0.2) is 0 Å². The molecule has 0 aromatic heterocycles. The van der Waals surface area contributed by atoms with E-state index in [1.54, 1.807) is 32.0 Å². The van der Waals surface area contributed by atoms with Crippen LogP contribution in [0.3, 0.4) is 0 Å². The predicted molar refractivity (Wildman–Crippen MR) is 64.0 cm³/mol. The third-order valence-corrected chi connectivity index (χ3v) is 2.21. The SMILES string of the molecule is CC(C)C(=O)/C=C(/Nc1ccccc1)C(F)(F)F. The lowest BCUT2D eigenvalue weighted by atomic mass is 10.1. The van der Waals surface area contributed by atoms with Gasteiger partial charge >= 0.3 is 6.18 Å². The van der Waals surface area contributed by atoms with Crippen LogP contribution in [-0.4, -0.2) is 12.0 Å². The number of carbonyl (C=O) groups excluding carboxylic acids is 1. The lowest BCUT2D eigenvalue weighted by molar-refractivity contribution is -0.118. The Kier molecular flexibility index (Phi) is 4.53. The molecule has 0 radical (unpaired) electrons. The number of benzene rings is 1. The number of para-hydroxylation sites is 1. The van der Waals surface area contributed by atoms with Gasteiger partial charge in [-0.2, -0.15) is 13.2 Å². The van der Waals surface area contributed by atoms with Crippen LogP contribution in [-0.2, 0) is 4.79 Å². The Labute approximate surface area is 104 Å². The molecular formula is C13H14F3NO. The van der Waals surface area contributed by atoms with Crippen LogP contribution in [0.1, 0.15) is 13.8 Å². The molecule has 0 saturated carbocycles. The first-order chi connectivity index (χ1) is 8.30. The van der Waals surface area contributed by atoms with Crippen LogP contribution >= 0.6 is 0 Å². The molecule has 0 spiro atoms. The summed E-state index contributed by atoms with van der Waals surface area (Å²) in [6.45, 7) is 3.10. The zero-order valence-corrected chi connectivity index (χ0v) is 10.1. The lowest BCUT2D eigenvalue weighted by Crippen LogP contribution is -2.21. The molecule has 0 aliphatic carbocycles. The number of allylic oxidation sites excluding steroid dienone is 2. The molecule has 2 nitrogen and oxygen atoms in total. The molecule has 0 aliphatic heterocycles. The topological polar surface area (TPSA) is 29.1 Å². The van der Waals surface area contributed by atoms with Crippen LogP contribution in [0.4, 0.5) is 18.9 Å². The van der Waals surface area contributed by atoms with Gasteiger partial charge in [-0.1, -0.05) is 32.0 Å². The Morgan fingerprint density at radius 3 is 2.22 bits per heavy atom. The van der Waals surface area contributed by atoms with E-state index in [1.807, 2.05) is 0 Å². The van der Waals surface area contributed by atoms with Crippen LogP contribution < -0.4 is 5.32 Å². The van der Waals surface area contributed by atoms with E-state index in [1.165, 1.54) is 12.1 Å². The van der Waals surface area contributed by atoms with E-state index in [4.69, 9.17) is 0 Å². The van der Waals surface area contributed by atoms with Crippen molar-refractivity contribution in [3.63, 3.8) is 0 Å². The molecule has 18 heavy (non-hydrogen) atoms. The number of anilines is 1. The normalized spacial score (nSPS) is 12.7. The molecule has 1 N–H and O–H groups in total. The van der Waals surface area contributed by atoms with E-state index < -0.39 is 23.6 Å². The number of rotatable bonds is 4. The third kappa shape index (κ3) is 4.24. The smallest absolute Gasteiger partial charge is 0.351 e. The average molecular weight is 257 g/mol. The molecule has 0 unspecified atom stereocenters. The maximum absolute atomic E-state index is 12.7. The van der Waals surface area contributed by atoms with E-state index in [2.05, 4.69) is 5.32 Å². The quantitative estimate of drug-likeness (QED) is 0.832. The van der Waals surface area contributed by atoms with Gasteiger partial charge in [0.1, 0.15) is 5.70 Å². The third-order valence-electron chi connectivity index (χ3n) is 2.21. The molecule has 0 aliphatic rings. The summed E-state index contributed by atoms with van der Waals surface area (Å²) in [6, 6.07) is 7.92. The second kappa shape index (κ2) is 5.71. The summed E-state index contributed by atoms with van der Waals surface area (Å²) in [4.78, 5) is 11.4. The van der Waals surface area contributed by atoms with Crippen molar-refractivity contribution >= 4 is 11.5 Å². The van der Waals surface area contributed by atoms with Gasteiger partial charge in [0.25, 0.3) is 0 Å². The molecule has 98 valence electrons. The predicted octanol–water partition coefficient (Wildman–Crippen LogP) is 3.77. The highest BCUT2D eigenvalue weighted by molar-refractivity contribution is 5.92. The summed E-state index contributed by atoms with van der Waals surface area (Å²) in [5.74, 6) is -1.04. The minimum Gasteiger partial charge on any atom is -0.351 e. The van der Waals surface area contributed by atoms with Crippen LogP contribution in [0.2, 0.25) is 0 Å². The van der Waals surface area contributed by atoms with Crippen LogP contribution in [0.25, 0.3) is 0 Å². The largest absolute Gasteiger partial charge is 0.431 e. The highest BCUT2D eigenvalue weighted by Crippen LogP contribution is 2.27. The van der Waals surface area contributed by atoms with Crippen molar-refractivity contribution in [1.82, 2.24) is 0 Å². The maximum Gasteiger partial charge on any atom is 0.431 e. The number of ketones is 1. The molecule has 0 heterocycles. The zero-order chi connectivity index (χ0) is 13.8. The molecule has 1 rings (SSSR count). The number of alkyl halides is 3. The zero-order valence-electron chi connectivity index (χ0n) is 10.1. The first kappa shape index (κ1) is 14.3. The van der Waals surface area contributed by atoms with E-state index in [0.29, 0.717) is 6.08 Å². The van der Waals surface area contributed by atoms with Crippen LogP contribution in [0.5, 0.6) is 0 Å². The molecule has 1 aromatic rings. The van der Waals surface area contributed by atoms with Gasteiger partial charge in [-0.3, -0.25) is 4.79 Å². The fourth-order valence-corrected chi connectivity index (χ4v) is 1.17. The fourth-order valence-electron chi connectivity index (χ4n) is 1.17. The van der Waals surface area contributed by atoms with Crippen LogP contribution in [0.15, 0.2) is 42.1 Å². The van der Waals surface area contributed by atoms with Gasteiger partial charge in [0.2, 0.25) is 0 Å². The summed E-state index contributed by atoms with van der Waals surface area (Å²) in [7, 11) is 0. The van der Waals surface area contributed by atoms with Crippen molar-refractivity contribution in [2.24, 2.45) is 5.92 Å². The first-order valence-corrected chi connectivity index (χ1v) is 5.45. The Morgan fingerprint density at radius 1 is 1.22 bits per heavy atom. The Balaban J connectivity index is 2.98. The minimum absolute atomic E-state index is 0.289. The number of carbonyl (C=O) groups is 1. The number of halogens is 3. The Hall–Kier alpha value is -1.78. The number of nitrogens with one attached hydrogen (secondary N) is 1. The van der Waals surface area contributed by atoms with Crippen molar-refractivity contribution < 1.29 is 18.0 Å². The van der Waals surface area contributed by atoms with Gasteiger partial charge in [0, 0.05) is 17.7 Å². The summed E-state index contributed by atoms with van der Waals surface area (Å²) in [6.07, 6.45) is -3.97. The van der Waals surface area contributed by atoms with Gasteiger partial charge in [-0.15, -0.1) is 0 Å². The fraction of sp³-hybridized carbons (Fsp3) is 0.308. The van der Waals surface area contributed by atoms with E-state index in [-0.39, 0.29) is 5.69 Å². The standard InChI is InChI=1S/C13H14F3NO/c1-9(2)11(18)8-12(13(14,15)16)17-10-6-4-3-5-7-10/h3-9,17H,1-2H3/b12-8+. The van der Waals surface area contributed by atoms with Crippen molar-refractivity contribution in [1.29, 1.82) is 0 Å². The van der Waals surface area contributed by atoms with Crippen molar-refractivity contribution in [2.45, 2.75) is 20.0 Å². The molecule has 0 amide bonds. The Bertz CT molecular complexity index is 435. The summed E-state index contributed by atoms with van der Waals surface area (Å²) >= 11 is 0.